The van der Waals surface area contributed by atoms with E-state index in [0.29, 0.717) is 21.7 Å². The molecule has 4 aromatic rings. The molecule has 0 unspecified atom stereocenters. The van der Waals surface area contributed by atoms with Crippen LogP contribution in [0.15, 0.2) is 48.5 Å². The van der Waals surface area contributed by atoms with E-state index in [1.807, 2.05) is 62.4 Å². The normalized spacial score (nSPS) is 10.9. The quantitative estimate of drug-likeness (QED) is 0.574. The molecule has 0 saturated heterocycles. The van der Waals surface area contributed by atoms with Gasteiger partial charge in [-0.15, -0.1) is 15.3 Å². The minimum atomic E-state index is -0.278. The first kappa shape index (κ1) is 17.2. The predicted octanol–water partition coefficient (Wildman–Crippen LogP) is 3.49. The molecule has 1 N–H and O–H groups in total. The number of nitrogens with zero attached hydrogens (tertiary/aromatic N) is 4. The largest absolute Gasteiger partial charge is 0.484 e. The lowest BCUT2D eigenvalue weighted by atomic mass is 10.1. The summed E-state index contributed by atoms with van der Waals surface area (Å²) in [6.45, 7) is 3.95. The average Bonchev–Trinajstić information content (AvgIpc) is 3.23. The van der Waals surface area contributed by atoms with Gasteiger partial charge in [0.15, 0.2) is 12.4 Å². The third-order valence-corrected chi connectivity index (χ3v) is 4.93. The minimum absolute atomic E-state index is 0.0891. The molecule has 0 aliphatic rings. The standard InChI is InChI=1S/C19H17N5O2S/c1-12-8-9-15(10-13(12)2)26-11-16(25)20-18-23-24-17(21-22-19(24)27-18)14-6-4-3-5-7-14/h3-10H,11H2,1-2H3,(H,20,23,25). The Morgan fingerprint density at radius 1 is 1.11 bits per heavy atom. The van der Waals surface area contributed by atoms with E-state index in [1.54, 1.807) is 4.52 Å². The maximum absolute atomic E-state index is 12.2. The number of aryl methyl sites for hydroxylation is 2. The maximum Gasteiger partial charge on any atom is 0.264 e. The van der Waals surface area contributed by atoms with E-state index >= 15 is 0 Å². The van der Waals surface area contributed by atoms with Gasteiger partial charge in [0.2, 0.25) is 10.1 Å². The number of amides is 1. The van der Waals surface area contributed by atoms with Crippen LogP contribution in [0.2, 0.25) is 0 Å². The molecule has 136 valence electrons. The monoisotopic (exact) mass is 379 g/mol. The van der Waals surface area contributed by atoms with Gasteiger partial charge in [0.1, 0.15) is 5.75 Å². The third-order valence-electron chi connectivity index (χ3n) is 4.12. The van der Waals surface area contributed by atoms with Crippen LogP contribution in [0.1, 0.15) is 11.1 Å². The van der Waals surface area contributed by atoms with Crippen LogP contribution in [0.3, 0.4) is 0 Å². The molecule has 2 heterocycles. The van der Waals surface area contributed by atoms with Crippen LogP contribution in [0.25, 0.3) is 16.3 Å². The van der Waals surface area contributed by atoms with Gasteiger partial charge in [0.05, 0.1) is 0 Å². The molecule has 0 saturated carbocycles. The van der Waals surface area contributed by atoms with Crippen LogP contribution in [0.5, 0.6) is 5.75 Å². The van der Waals surface area contributed by atoms with E-state index in [0.717, 1.165) is 11.1 Å². The zero-order valence-corrected chi connectivity index (χ0v) is 15.7. The second kappa shape index (κ2) is 7.16. The molecule has 4 rings (SSSR count). The molecule has 0 radical (unpaired) electrons. The number of ether oxygens (including phenoxy) is 1. The topological polar surface area (TPSA) is 81.4 Å². The Bertz CT molecular complexity index is 1100. The first-order chi connectivity index (χ1) is 13.1. The molecule has 2 aromatic carbocycles. The van der Waals surface area contributed by atoms with Gasteiger partial charge in [-0.05, 0) is 37.1 Å². The maximum atomic E-state index is 12.2. The van der Waals surface area contributed by atoms with Gasteiger partial charge in [-0.25, -0.2) is 0 Å². The van der Waals surface area contributed by atoms with Crippen LogP contribution in [-0.2, 0) is 4.79 Å². The van der Waals surface area contributed by atoms with Gasteiger partial charge in [0.25, 0.3) is 5.91 Å². The lowest BCUT2D eigenvalue weighted by molar-refractivity contribution is -0.118. The first-order valence-corrected chi connectivity index (χ1v) is 9.19. The van der Waals surface area contributed by atoms with Crippen molar-refractivity contribution in [1.29, 1.82) is 0 Å². The van der Waals surface area contributed by atoms with E-state index in [1.165, 1.54) is 16.9 Å². The highest BCUT2D eigenvalue weighted by molar-refractivity contribution is 7.20. The van der Waals surface area contributed by atoms with Crippen molar-refractivity contribution < 1.29 is 9.53 Å². The molecule has 8 heteroatoms. The van der Waals surface area contributed by atoms with E-state index in [4.69, 9.17) is 4.74 Å². The van der Waals surface area contributed by atoms with Crippen LogP contribution in [0.4, 0.5) is 5.13 Å². The fourth-order valence-electron chi connectivity index (χ4n) is 2.54. The Kier molecular flexibility index (Phi) is 4.55. The van der Waals surface area contributed by atoms with Gasteiger partial charge in [0, 0.05) is 5.56 Å². The lowest BCUT2D eigenvalue weighted by Gasteiger charge is -2.07. The summed E-state index contributed by atoms with van der Waals surface area (Å²) in [5, 5.41) is 15.9. The lowest BCUT2D eigenvalue weighted by Crippen LogP contribution is -2.20. The van der Waals surface area contributed by atoms with Crippen molar-refractivity contribution in [1.82, 2.24) is 19.8 Å². The molecule has 7 nitrogen and oxygen atoms in total. The first-order valence-electron chi connectivity index (χ1n) is 8.38. The second-order valence-electron chi connectivity index (χ2n) is 6.07. The van der Waals surface area contributed by atoms with E-state index in [9.17, 15) is 4.79 Å². The van der Waals surface area contributed by atoms with Crippen LogP contribution >= 0.6 is 11.3 Å². The highest BCUT2D eigenvalue weighted by atomic mass is 32.1. The highest BCUT2D eigenvalue weighted by Gasteiger charge is 2.15. The fraction of sp³-hybridized carbons (Fsp3) is 0.158. The minimum Gasteiger partial charge on any atom is -0.484 e. The van der Waals surface area contributed by atoms with Crippen molar-refractivity contribution in [3.05, 3.63) is 59.7 Å². The van der Waals surface area contributed by atoms with Crippen molar-refractivity contribution in [2.45, 2.75) is 13.8 Å². The molecular formula is C19H17N5O2S. The predicted molar refractivity (Wildman–Crippen MR) is 104 cm³/mol. The number of rotatable bonds is 5. The molecule has 0 aliphatic carbocycles. The number of carbonyl (C=O) groups is 1. The molecule has 0 spiro atoms. The Balaban J connectivity index is 1.44. The van der Waals surface area contributed by atoms with Crippen molar-refractivity contribution in [2.75, 3.05) is 11.9 Å². The van der Waals surface area contributed by atoms with E-state index in [-0.39, 0.29) is 12.5 Å². The summed E-state index contributed by atoms with van der Waals surface area (Å²) < 4.78 is 7.18. The fourth-order valence-corrected chi connectivity index (χ4v) is 3.30. The summed E-state index contributed by atoms with van der Waals surface area (Å²) in [4.78, 5) is 12.8. The summed E-state index contributed by atoms with van der Waals surface area (Å²) in [5.41, 5.74) is 3.21. The van der Waals surface area contributed by atoms with Gasteiger partial charge in [-0.2, -0.15) is 4.52 Å². The van der Waals surface area contributed by atoms with E-state index in [2.05, 4.69) is 20.6 Å². The number of nitrogens with one attached hydrogen (secondary N) is 1. The number of benzene rings is 2. The average molecular weight is 379 g/mol. The number of hydrogen-bond donors (Lipinski definition) is 1. The number of hydrogen-bond acceptors (Lipinski definition) is 6. The van der Waals surface area contributed by atoms with Gasteiger partial charge in [-0.1, -0.05) is 47.7 Å². The number of carbonyl (C=O) groups excluding carboxylic acids is 1. The Morgan fingerprint density at radius 3 is 2.70 bits per heavy atom. The number of aromatic nitrogens is 4. The summed E-state index contributed by atoms with van der Waals surface area (Å²) in [6, 6.07) is 15.4. The smallest absolute Gasteiger partial charge is 0.264 e. The highest BCUT2D eigenvalue weighted by Crippen LogP contribution is 2.24. The summed E-state index contributed by atoms with van der Waals surface area (Å²) in [7, 11) is 0. The SMILES string of the molecule is Cc1ccc(OCC(=O)Nc2nn3c(-c4ccccc4)nnc3s2)cc1C. The van der Waals surface area contributed by atoms with Crippen molar-refractivity contribution in [2.24, 2.45) is 0 Å². The molecule has 1 amide bonds. The van der Waals surface area contributed by atoms with Gasteiger partial charge < -0.3 is 4.74 Å². The van der Waals surface area contributed by atoms with Gasteiger partial charge >= 0.3 is 0 Å². The summed E-state index contributed by atoms with van der Waals surface area (Å²) >= 11 is 1.26. The molecule has 0 fully saturated rings. The Labute approximate surface area is 159 Å². The molecule has 2 aromatic heterocycles. The van der Waals surface area contributed by atoms with Crippen LogP contribution < -0.4 is 10.1 Å². The molecule has 0 bridgehead atoms. The second-order valence-corrected chi connectivity index (χ2v) is 7.03. The molecular weight excluding hydrogens is 362 g/mol. The molecule has 0 aliphatic heterocycles. The van der Waals surface area contributed by atoms with Crippen LogP contribution in [-0.4, -0.2) is 32.3 Å². The number of fused-ring (bicyclic) bond motifs is 1. The van der Waals surface area contributed by atoms with Crippen molar-refractivity contribution in [3.63, 3.8) is 0 Å². The van der Waals surface area contributed by atoms with Crippen molar-refractivity contribution in [3.8, 4) is 17.1 Å². The van der Waals surface area contributed by atoms with Crippen molar-refractivity contribution >= 4 is 27.3 Å². The van der Waals surface area contributed by atoms with E-state index < -0.39 is 0 Å². The summed E-state index contributed by atoms with van der Waals surface area (Å²) in [5.74, 6) is 1.02. The van der Waals surface area contributed by atoms with Gasteiger partial charge in [-0.3, -0.25) is 10.1 Å². The van der Waals surface area contributed by atoms with Crippen LogP contribution in [0, 0.1) is 13.8 Å². The third kappa shape index (κ3) is 3.65. The zero-order chi connectivity index (χ0) is 18.8. The Morgan fingerprint density at radius 2 is 1.93 bits per heavy atom. The molecule has 27 heavy (non-hydrogen) atoms. The molecule has 0 atom stereocenters. The Hall–Kier alpha value is -3.26. The summed E-state index contributed by atoms with van der Waals surface area (Å²) in [6.07, 6.45) is 0. The zero-order valence-electron chi connectivity index (χ0n) is 14.8. The number of anilines is 1.